The first-order valence-corrected chi connectivity index (χ1v) is 3.72. The maximum atomic E-state index is 9.60. The van der Waals surface area contributed by atoms with Crippen LogP contribution in [-0.2, 0) is 9.53 Å². The first-order chi connectivity index (χ1) is 5.41. The van der Waals surface area contributed by atoms with Crippen molar-refractivity contribution in [3.8, 4) is 0 Å². The number of aliphatic carboxylic acids is 1. The molecule has 5 nitrogen and oxygen atoms in total. The molecule has 0 rings (SSSR count). The molecular formula is C5H9Cl2NO4. The molecule has 0 aliphatic carbocycles. The highest BCUT2D eigenvalue weighted by Gasteiger charge is 2.05. The van der Waals surface area contributed by atoms with Gasteiger partial charge in [0.25, 0.3) is 0 Å². The molecule has 0 bridgehead atoms. The Morgan fingerprint density at radius 3 is 1.92 bits per heavy atom. The zero-order valence-corrected chi connectivity index (χ0v) is 7.80. The van der Waals surface area contributed by atoms with Crippen LogP contribution in [0.15, 0.2) is 0 Å². The Kier molecular flexibility index (Phi) is 9.74. The van der Waals surface area contributed by atoms with E-state index in [1.807, 2.05) is 0 Å². The fourth-order valence-electron chi connectivity index (χ4n) is 0.142. The number of carbonyl (C=O) groups excluding carboxylic acids is 1. The van der Waals surface area contributed by atoms with E-state index in [2.05, 4.69) is 10.5 Å². The van der Waals surface area contributed by atoms with Crippen molar-refractivity contribution in [3.05, 3.63) is 0 Å². The number of alkyl halides is 2. The lowest BCUT2D eigenvalue weighted by atomic mass is 10.8. The number of hydrogen-bond acceptors (Lipinski definition) is 3. The minimum atomic E-state index is -1.29. The normalized spacial score (nSPS) is 8.33. The zero-order chi connectivity index (χ0) is 10.1. The van der Waals surface area contributed by atoms with Gasteiger partial charge in [0.2, 0.25) is 4.84 Å². The number of amides is 1. The molecule has 0 saturated carbocycles. The van der Waals surface area contributed by atoms with Gasteiger partial charge in [0, 0.05) is 0 Å². The number of carboxylic acids is 1. The Balaban J connectivity index is 0. The fraction of sp³-hybridized carbons (Fsp3) is 0.600. The van der Waals surface area contributed by atoms with Crippen LogP contribution >= 0.6 is 23.2 Å². The van der Waals surface area contributed by atoms with Gasteiger partial charge in [-0.2, -0.15) is 0 Å². The van der Waals surface area contributed by atoms with E-state index in [4.69, 9.17) is 28.3 Å². The zero-order valence-electron chi connectivity index (χ0n) is 6.29. The Morgan fingerprint density at radius 1 is 1.58 bits per heavy atom. The van der Waals surface area contributed by atoms with Crippen LogP contribution in [0.2, 0.25) is 0 Å². The fourth-order valence-corrected chi connectivity index (χ4v) is 0.142. The lowest BCUT2D eigenvalue weighted by Crippen LogP contribution is -2.11. The lowest BCUT2D eigenvalue weighted by Gasteiger charge is -1.89. The monoisotopic (exact) mass is 217 g/mol. The molecule has 0 fully saturated rings. The summed E-state index contributed by atoms with van der Waals surface area (Å²) in [5.41, 5.74) is 4.54. The van der Waals surface area contributed by atoms with E-state index in [-0.39, 0.29) is 0 Å². The Morgan fingerprint density at radius 2 is 1.92 bits per heavy atom. The van der Waals surface area contributed by atoms with Gasteiger partial charge in [-0.05, 0) is 6.92 Å². The molecule has 0 heterocycles. The van der Waals surface area contributed by atoms with Crippen LogP contribution in [0.25, 0.3) is 0 Å². The van der Waals surface area contributed by atoms with Crippen molar-refractivity contribution >= 4 is 35.3 Å². The second-order valence-electron chi connectivity index (χ2n) is 1.39. The van der Waals surface area contributed by atoms with Crippen molar-refractivity contribution in [2.75, 3.05) is 6.61 Å². The minimum absolute atomic E-state index is 0.356. The average molecular weight is 218 g/mol. The molecule has 1 amide bonds. The molecule has 0 atom stereocenters. The van der Waals surface area contributed by atoms with Gasteiger partial charge in [-0.15, -0.1) is 0 Å². The van der Waals surface area contributed by atoms with Gasteiger partial charge in [0.15, 0.2) is 0 Å². The van der Waals surface area contributed by atoms with Crippen LogP contribution in [0.1, 0.15) is 6.92 Å². The molecule has 0 aromatic heterocycles. The number of hydrogen-bond donors (Lipinski definition) is 2. The van der Waals surface area contributed by atoms with E-state index in [1.54, 1.807) is 6.92 Å². The Labute approximate surface area is 79.4 Å². The molecule has 0 spiro atoms. The van der Waals surface area contributed by atoms with Crippen molar-refractivity contribution < 1.29 is 19.4 Å². The van der Waals surface area contributed by atoms with Crippen LogP contribution < -0.4 is 5.73 Å². The highest BCUT2D eigenvalue weighted by molar-refractivity contribution is 6.52. The van der Waals surface area contributed by atoms with Crippen molar-refractivity contribution in [3.63, 3.8) is 0 Å². The largest absolute Gasteiger partial charge is 0.479 e. The molecule has 0 unspecified atom stereocenters. The predicted molar refractivity (Wildman–Crippen MR) is 44.3 cm³/mol. The van der Waals surface area contributed by atoms with Crippen LogP contribution in [0.3, 0.4) is 0 Å². The smallest absolute Gasteiger partial charge is 0.404 e. The highest BCUT2D eigenvalue weighted by Crippen LogP contribution is 1.98. The van der Waals surface area contributed by atoms with E-state index >= 15 is 0 Å². The van der Waals surface area contributed by atoms with E-state index in [0.29, 0.717) is 6.61 Å². The topological polar surface area (TPSA) is 89.6 Å². The van der Waals surface area contributed by atoms with Crippen molar-refractivity contribution in [2.24, 2.45) is 5.73 Å². The minimum Gasteiger partial charge on any atom is -0.479 e. The maximum absolute atomic E-state index is 9.60. The first kappa shape index (κ1) is 13.9. The van der Waals surface area contributed by atoms with E-state index < -0.39 is 16.9 Å². The van der Waals surface area contributed by atoms with Crippen LogP contribution in [0.5, 0.6) is 0 Å². The average Bonchev–Trinajstić information content (AvgIpc) is 1.87. The number of carbonyl (C=O) groups is 2. The number of nitrogens with two attached hydrogens (primary N) is 1. The Hall–Kier alpha value is -0.680. The summed E-state index contributed by atoms with van der Waals surface area (Å²) in [6.07, 6.45) is -0.711. The van der Waals surface area contributed by atoms with Gasteiger partial charge in [0.1, 0.15) is 0 Å². The molecule has 0 saturated heterocycles. The SMILES string of the molecule is CCOC(N)=O.O=C(O)C(Cl)Cl. The quantitative estimate of drug-likeness (QED) is 0.675. The molecule has 7 heteroatoms. The summed E-state index contributed by atoms with van der Waals surface area (Å²) in [7, 11) is 0. The van der Waals surface area contributed by atoms with Crippen molar-refractivity contribution in [1.29, 1.82) is 0 Å². The summed E-state index contributed by atoms with van der Waals surface area (Å²) in [4.78, 5) is 17.7. The summed E-state index contributed by atoms with van der Waals surface area (Å²) in [6, 6.07) is 0. The second-order valence-corrected chi connectivity index (χ2v) is 2.49. The molecule has 3 N–H and O–H groups in total. The van der Waals surface area contributed by atoms with E-state index in [0.717, 1.165) is 0 Å². The van der Waals surface area contributed by atoms with E-state index in [1.165, 1.54) is 0 Å². The maximum Gasteiger partial charge on any atom is 0.404 e. The molecule has 0 aromatic rings. The van der Waals surface area contributed by atoms with Crippen LogP contribution in [-0.4, -0.2) is 28.6 Å². The van der Waals surface area contributed by atoms with Gasteiger partial charge >= 0.3 is 12.1 Å². The molecule has 0 aromatic carbocycles. The molecule has 12 heavy (non-hydrogen) atoms. The molecule has 0 aliphatic rings. The summed E-state index contributed by atoms with van der Waals surface area (Å²) < 4.78 is 4.18. The van der Waals surface area contributed by atoms with Gasteiger partial charge < -0.3 is 15.6 Å². The van der Waals surface area contributed by atoms with Crippen molar-refractivity contribution in [2.45, 2.75) is 11.8 Å². The first-order valence-electron chi connectivity index (χ1n) is 2.85. The summed E-state index contributed by atoms with van der Waals surface area (Å²) in [5.74, 6) is -1.21. The van der Waals surface area contributed by atoms with Gasteiger partial charge in [-0.3, -0.25) is 0 Å². The second kappa shape index (κ2) is 8.42. The van der Waals surface area contributed by atoms with Gasteiger partial charge in [0.05, 0.1) is 6.61 Å². The number of primary amides is 1. The summed E-state index contributed by atoms with van der Waals surface area (Å²) in [6.45, 7) is 2.06. The van der Waals surface area contributed by atoms with Gasteiger partial charge in [-0.1, -0.05) is 23.2 Å². The lowest BCUT2D eigenvalue weighted by molar-refractivity contribution is -0.135. The molecule has 72 valence electrons. The Bertz CT molecular complexity index is 150. The van der Waals surface area contributed by atoms with Crippen LogP contribution in [0, 0.1) is 0 Å². The third-order valence-corrected chi connectivity index (χ3v) is 0.847. The number of ether oxygens (including phenoxy) is 1. The van der Waals surface area contributed by atoms with Gasteiger partial charge in [-0.25, -0.2) is 9.59 Å². The van der Waals surface area contributed by atoms with Crippen LogP contribution in [0.4, 0.5) is 4.79 Å². The molecule has 0 aliphatic heterocycles. The standard InChI is InChI=1S/C3H7NO2.C2H2Cl2O2/c1-2-6-3(4)5;3-1(4)2(5)6/h2H2,1H3,(H2,4,5);1H,(H,5,6). The number of carboxylic acid groups (broad SMARTS) is 1. The number of halogens is 2. The highest BCUT2D eigenvalue weighted by atomic mass is 35.5. The third kappa shape index (κ3) is 16.2. The summed E-state index contributed by atoms with van der Waals surface area (Å²) >= 11 is 9.56. The summed E-state index contributed by atoms with van der Waals surface area (Å²) in [5, 5.41) is 7.73. The third-order valence-electron chi connectivity index (χ3n) is 0.473. The van der Waals surface area contributed by atoms with Crippen molar-refractivity contribution in [1.82, 2.24) is 0 Å². The number of rotatable bonds is 2. The predicted octanol–water partition coefficient (Wildman–Crippen LogP) is 0.976. The molecule has 0 radical (unpaired) electrons. The molecular weight excluding hydrogens is 209 g/mol. The van der Waals surface area contributed by atoms with E-state index in [9.17, 15) is 9.59 Å².